The fraction of sp³-hybridized carbons (Fsp3) is 0.333. The van der Waals surface area contributed by atoms with Crippen LogP contribution in [-0.4, -0.2) is 18.0 Å². The molecule has 0 spiro atoms. The van der Waals surface area contributed by atoms with Crippen molar-refractivity contribution >= 4 is 0 Å². The molecule has 2 heteroatoms. The highest BCUT2D eigenvalue weighted by atomic mass is 16.3. The Morgan fingerprint density at radius 3 is 2.25 bits per heavy atom. The van der Waals surface area contributed by atoms with E-state index in [9.17, 15) is 5.11 Å². The Bertz CT molecular complexity index is 76.6. The first-order valence-corrected chi connectivity index (χ1v) is 2.41. The lowest BCUT2D eigenvalue weighted by Crippen LogP contribution is -2.28. The van der Waals surface area contributed by atoms with Crippen molar-refractivity contribution in [2.24, 2.45) is 0 Å². The SMILES string of the molecule is [CH2]CN(C[CH2+])C(=C)[O-]. The summed E-state index contributed by atoms with van der Waals surface area (Å²) in [6, 6.07) is 0. The maximum atomic E-state index is 10.3. The van der Waals surface area contributed by atoms with E-state index >= 15 is 0 Å². The minimum Gasteiger partial charge on any atom is -0.861 e. The zero-order valence-corrected chi connectivity index (χ0v) is 4.89. The molecule has 0 aromatic rings. The summed E-state index contributed by atoms with van der Waals surface area (Å²) in [5.41, 5.74) is 0. The maximum Gasteiger partial charge on any atom is 0.156 e. The average molecular weight is 112 g/mol. The molecule has 45 valence electrons. The van der Waals surface area contributed by atoms with Crippen LogP contribution in [0.15, 0.2) is 12.5 Å². The van der Waals surface area contributed by atoms with Gasteiger partial charge in [0.25, 0.3) is 0 Å². The monoisotopic (exact) mass is 112 g/mol. The lowest BCUT2D eigenvalue weighted by molar-refractivity contribution is -0.330. The lowest BCUT2D eigenvalue weighted by Gasteiger charge is -2.23. The van der Waals surface area contributed by atoms with Crippen LogP contribution in [0.1, 0.15) is 0 Å². The highest BCUT2D eigenvalue weighted by molar-refractivity contribution is 4.79. The van der Waals surface area contributed by atoms with Crippen molar-refractivity contribution < 1.29 is 5.11 Å². The predicted octanol–water partition coefficient (Wildman–Crippen LogP) is -0.212. The lowest BCUT2D eigenvalue weighted by atomic mass is 10.5. The summed E-state index contributed by atoms with van der Waals surface area (Å²) >= 11 is 0. The van der Waals surface area contributed by atoms with Crippen LogP contribution < -0.4 is 5.11 Å². The summed E-state index contributed by atoms with van der Waals surface area (Å²) in [4.78, 5) is 1.44. The van der Waals surface area contributed by atoms with E-state index in [1.54, 1.807) is 0 Å². The Morgan fingerprint density at radius 1 is 1.75 bits per heavy atom. The Hall–Kier alpha value is -0.790. The first kappa shape index (κ1) is 7.21. The third-order valence-corrected chi connectivity index (χ3v) is 0.893. The van der Waals surface area contributed by atoms with Crippen LogP contribution >= 0.6 is 0 Å². The Balaban J connectivity index is 3.52. The van der Waals surface area contributed by atoms with Crippen LogP contribution in [0.4, 0.5) is 0 Å². The summed E-state index contributed by atoms with van der Waals surface area (Å²) in [6.07, 6.45) is 0. The van der Waals surface area contributed by atoms with Gasteiger partial charge in [-0.2, -0.15) is 0 Å². The van der Waals surface area contributed by atoms with Crippen LogP contribution in [0.3, 0.4) is 0 Å². The molecule has 0 aliphatic rings. The second-order valence-corrected chi connectivity index (χ2v) is 1.38. The summed E-state index contributed by atoms with van der Waals surface area (Å²) in [5.74, 6) is -0.213. The minimum absolute atomic E-state index is 0.213. The molecule has 0 aliphatic heterocycles. The van der Waals surface area contributed by atoms with Crippen LogP contribution in [0.5, 0.6) is 0 Å². The van der Waals surface area contributed by atoms with Gasteiger partial charge in [0.15, 0.2) is 6.54 Å². The van der Waals surface area contributed by atoms with Crippen molar-refractivity contribution in [1.82, 2.24) is 4.90 Å². The molecule has 2 nitrogen and oxygen atoms in total. The van der Waals surface area contributed by atoms with Gasteiger partial charge in [0, 0.05) is 6.54 Å². The van der Waals surface area contributed by atoms with E-state index in [1.165, 1.54) is 4.90 Å². The first-order valence-electron chi connectivity index (χ1n) is 2.41. The van der Waals surface area contributed by atoms with Crippen molar-refractivity contribution in [3.63, 3.8) is 0 Å². The molecule has 0 saturated carbocycles. The van der Waals surface area contributed by atoms with Crippen LogP contribution in [-0.2, 0) is 0 Å². The second-order valence-electron chi connectivity index (χ2n) is 1.38. The van der Waals surface area contributed by atoms with Crippen molar-refractivity contribution in [3.8, 4) is 0 Å². The van der Waals surface area contributed by atoms with E-state index in [-0.39, 0.29) is 5.88 Å². The highest BCUT2D eigenvalue weighted by Crippen LogP contribution is 1.89. The molecule has 0 rings (SSSR count). The molecular weight excluding hydrogens is 102 g/mol. The van der Waals surface area contributed by atoms with Gasteiger partial charge in [0.1, 0.15) is 0 Å². The average Bonchev–Trinajstić information content (AvgIpc) is 1.69. The van der Waals surface area contributed by atoms with E-state index in [0.717, 1.165) is 0 Å². The number of rotatable bonds is 3. The molecule has 0 amide bonds. The molecule has 0 N–H and O–H groups in total. The van der Waals surface area contributed by atoms with Gasteiger partial charge in [0.05, 0.1) is 6.92 Å². The zero-order valence-electron chi connectivity index (χ0n) is 4.89. The van der Waals surface area contributed by atoms with E-state index < -0.39 is 0 Å². The van der Waals surface area contributed by atoms with Gasteiger partial charge in [-0.3, -0.25) is 0 Å². The number of nitrogens with zero attached hydrogens (tertiary/aromatic N) is 1. The molecule has 0 unspecified atom stereocenters. The standard InChI is InChI=1S/C6H10NO/c1-4-7(5-2)6(3)8/h1-5H2. The molecule has 0 bridgehead atoms. The fourth-order valence-electron chi connectivity index (χ4n) is 0.361. The largest absolute Gasteiger partial charge is 0.861 e. The Labute approximate surface area is 50.4 Å². The Morgan fingerprint density at radius 2 is 2.25 bits per heavy atom. The Kier molecular flexibility index (Phi) is 2.92. The molecule has 1 radical (unpaired) electrons. The summed E-state index contributed by atoms with van der Waals surface area (Å²) in [5, 5.41) is 10.3. The number of hydrogen-bond acceptors (Lipinski definition) is 2. The molecule has 0 aromatic heterocycles. The normalized spacial score (nSPS) is 8.62. The third kappa shape index (κ3) is 1.78. The van der Waals surface area contributed by atoms with E-state index in [0.29, 0.717) is 13.1 Å². The summed E-state index contributed by atoms with van der Waals surface area (Å²) in [6.45, 7) is 11.1. The van der Waals surface area contributed by atoms with Gasteiger partial charge in [-0.1, -0.05) is 6.58 Å². The third-order valence-electron chi connectivity index (χ3n) is 0.893. The van der Waals surface area contributed by atoms with Gasteiger partial charge >= 0.3 is 0 Å². The zero-order chi connectivity index (χ0) is 6.57. The van der Waals surface area contributed by atoms with Gasteiger partial charge in [0.2, 0.25) is 0 Å². The van der Waals surface area contributed by atoms with Crippen molar-refractivity contribution in [1.29, 1.82) is 0 Å². The van der Waals surface area contributed by atoms with Crippen LogP contribution in [0.25, 0.3) is 0 Å². The van der Waals surface area contributed by atoms with E-state index in [2.05, 4.69) is 20.4 Å². The van der Waals surface area contributed by atoms with E-state index in [1.807, 2.05) is 0 Å². The molecule has 0 aliphatic carbocycles. The molecule has 0 heterocycles. The molecule has 0 saturated heterocycles. The fourth-order valence-corrected chi connectivity index (χ4v) is 0.361. The number of hydrogen-bond donors (Lipinski definition) is 0. The van der Waals surface area contributed by atoms with Crippen LogP contribution in [0, 0.1) is 13.8 Å². The molecular formula is C6H10NO. The van der Waals surface area contributed by atoms with Gasteiger partial charge in [-0.05, 0) is 12.8 Å². The van der Waals surface area contributed by atoms with Crippen molar-refractivity contribution in [2.45, 2.75) is 0 Å². The van der Waals surface area contributed by atoms with Gasteiger partial charge < -0.3 is 10.0 Å². The summed E-state index contributed by atoms with van der Waals surface area (Å²) in [7, 11) is 0. The highest BCUT2D eigenvalue weighted by Gasteiger charge is 1.93. The molecule has 0 fully saturated rings. The quantitative estimate of drug-likeness (QED) is 0.373. The second kappa shape index (κ2) is 3.24. The van der Waals surface area contributed by atoms with Crippen LogP contribution in [0.2, 0.25) is 0 Å². The van der Waals surface area contributed by atoms with Crippen molar-refractivity contribution in [2.75, 3.05) is 13.1 Å². The van der Waals surface area contributed by atoms with Crippen molar-refractivity contribution in [3.05, 3.63) is 26.3 Å². The van der Waals surface area contributed by atoms with Gasteiger partial charge in [-0.25, -0.2) is 0 Å². The first-order chi connectivity index (χ1) is 3.72. The summed E-state index contributed by atoms with van der Waals surface area (Å²) < 4.78 is 0. The molecule has 8 heavy (non-hydrogen) atoms. The predicted molar refractivity (Wildman–Crippen MR) is 31.4 cm³/mol. The smallest absolute Gasteiger partial charge is 0.156 e. The van der Waals surface area contributed by atoms with E-state index in [4.69, 9.17) is 0 Å². The minimum atomic E-state index is -0.213. The molecule has 0 atom stereocenters. The van der Waals surface area contributed by atoms with Gasteiger partial charge in [-0.15, -0.1) is 0 Å². The topological polar surface area (TPSA) is 26.3 Å². The molecule has 0 aromatic carbocycles. The maximum absolute atomic E-state index is 10.3.